The standard InChI is InChI=1S/C21H25FN2O3.C21H26N2O3/c1-13-2-4-16(5-3-13)27-17-8-14-10-24(11-15(14)9-17)12-20(26)18-6-7-19(25)21(22)23-18;1-14-2-7-19(10-22-14)26-20-8-16-11-23(12-17(16)9-20)13-21(25)15-3-5-18(24)6-4-15/h2-7,14-15,17,20,25-26H,8-12H2,1H3;2-7,10,16-17,20-21,24-25H,8-9,11-13H2,1H3/t14-,15+,17?,20?;16-,17+,20?,21?. The Morgan fingerprint density at radius 1 is 0.679 bits per heavy atom. The van der Waals surface area contributed by atoms with Crippen LogP contribution in [0.25, 0.3) is 0 Å². The van der Waals surface area contributed by atoms with E-state index >= 15 is 0 Å². The van der Waals surface area contributed by atoms with E-state index in [1.807, 2.05) is 37.4 Å². The van der Waals surface area contributed by atoms with Crippen LogP contribution >= 0.6 is 0 Å². The van der Waals surface area contributed by atoms with Gasteiger partial charge >= 0.3 is 0 Å². The second-order valence-corrected chi connectivity index (χ2v) is 15.5. The summed E-state index contributed by atoms with van der Waals surface area (Å²) >= 11 is 0. The second kappa shape index (κ2) is 16.4. The molecule has 53 heavy (non-hydrogen) atoms. The molecule has 282 valence electrons. The topological polar surface area (TPSA) is 132 Å². The highest BCUT2D eigenvalue weighted by Crippen LogP contribution is 2.41. The Bertz CT molecular complexity index is 1770. The number of aliphatic hydroxyl groups is 2. The number of nitrogens with zero attached hydrogens (tertiary/aromatic N) is 4. The van der Waals surface area contributed by atoms with E-state index in [1.165, 1.54) is 17.7 Å². The second-order valence-electron chi connectivity index (χ2n) is 15.5. The quantitative estimate of drug-likeness (QED) is 0.145. The highest BCUT2D eigenvalue weighted by Gasteiger charge is 2.43. The van der Waals surface area contributed by atoms with Gasteiger partial charge in [0.25, 0.3) is 5.95 Å². The van der Waals surface area contributed by atoms with E-state index in [-0.39, 0.29) is 23.7 Å². The van der Waals surface area contributed by atoms with Crippen LogP contribution in [-0.4, -0.2) is 91.7 Å². The Labute approximate surface area is 310 Å². The molecule has 2 saturated carbocycles. The van der Waals surface area contributed by atoms with Gasteiger partial charge in [-0.15, -0.1) is 0 Å². The van der Waals surface area contributed by atoms with Crippen LogP contribution < -0.4 is 9.47 Å². The number of fused-ring (bicyclic) bond motifs is 2. The summed E-state index contributed by atoms with van der Waals surface area (Å²) in [5.74, 6) is 3.00. The molecule has 0 radical (unpaired) electrons. The van der Waals surface area contributed by atoms with E-state index in [1.54, 1.807) is 24.3 Å². The van der Waals surface area contributed by atoms with E-state index in [4.69, 9.17) is 9.47 Å². The normalized spacial score (nSPS) is 26.4. The van der Waals surface area contributed by atoms with Crippen LogP contribution in [0, 0.1) is 43.5 Å². The number of aliphatic hydroxyl groups excluding tert-OH is 2. The van der Waals surface area contributed by atoms with Crippen molar-refractivity contribution in [3.05, 3.63) is 107 Å². The van der Waals surface area contributed by atoms with Crippen LogP contribution in [-0.2, 0) is 0 Å². The first-order valence-electron chi connectivity index (χ1n) is 18.8. The molecule has 4 fully saturated rings. The van der Waals surface area contributed by atoms with Crippen molar-refractivity contribution < 1.29 is 34.3 Å². The zero-order chi connectivity index (χ0) is 37.1. The fraction of sp³-hybridized carbons (Fsp3) is 0.476. The number of aromatic nitrogens is 2. The average molecular weight is 727 g/mol. The van der Waals surface area contributed by atoms with Gasteiger partial charge in [-0.1, -0.05) is 29.8 Å². The number of β-amino-alcohol motifs (C(OH)–C–C–N with tert-alkyl or cyclic N) is 2. The van der Waals surface area contributed by atoms with Crippen LogP contribution in [0.1, 0.15) is 60.4 Å². The molecule has 2 aromatic heterocycles. The average Bonchev–Trinajstić information content (AvgIpc) is 3.89. The lowest BCUT2D eigenvalue weighted by Gasteiger charge is -2.22. The summed E-state index contributed by atoms with van der Waals surface area (Å²) in [7, 11) is 0. The minimum atomic E-state index is -0.944. The number of pyridine rings is 2. The highest BCUT2D eigenvalue weighted by molar-refractivity contribution is 5.28. The van der Waals surface area contributed by atoms with Gasteiger partial charge in [-0.3, -0.25) is 14.8 Å². The molecule has 4 aliphatic rings. The summed E-state index contributed by atoms with van der Waals surface area (Å²) in [6.45, 7) is 8.97. The third-order valence-electron chi connectivity index (χ3n) is 11.4. The first kappa shape index (κ1) is 37.0. The minimum absolute atomic E-state index is 0.228. The predicted molar refractivity (Wildman–Crippen MR) is 198 cm³/mol. The van der Waals surface area contributed by atoms with E-state index in [0.29, 0.717) is 36.8 Å². The van der Waals surface area contributed by atoms with Gasteiger partial charge in [0.2, 0.25) is 0 Å². The van der Waals surface area contributed by atoms with Crippen molar-refractivity contribution in [1.82, 2.24) is 19.8 Å². The van der Waals surface area contributed by atoms with Crippen LogP contribution in [0.2, 0.25) is 0 Å². The molecule has 4 aromatic rings. The Kier molecular flexibility index (Phi) is 11.5. The summed E-state index contributed by atoms with van der Waals surface area (Å²) < 4.78 is 25.6. The monoisotopic (exact) mass is 726 g/mol. The van der Waals surface area contributed by atoms with Gasteiger partial charge in [0.15, 0.2) is 5.75 Å². The maximum atomic E-state index is 13.4. The highest BCUT2D eigenvalue weighted by atomic mass is 19.1. The van der Waals surface area contributed by atoms with Crippen LogP contribution in [0.5, 0.6) is 23.0 Å². The molecule has 2 saturated heterocycles. The molecular weight excluding hydrogens is 675 g/mol. The molecule has 2 aromatic carbocycles. The minimum Gasteiger partial charge on any atom is -0.508 e. The number of phenolic OH excluding ortho intramolecular Hbond substituents is 1. The molecule has 4 unspecified atom stereocenters. The Hall–Kier alpha value is -4.29. The number of likely N-dealkylation sites (tertiary alicyclic amines) is 2. The van der Waals surface area contributed by atoms with Gasteiger partial charge in [0.05, 0.1) is 30.2 Å². The van der Waals surface area contributed by atoms with E-state index in [0.717, 1.165) is 74.6 Å². The lowest BCUT2D eigenvalue weighted by Crippen LogP contribution is -2.29. The maximum absolute atomic E-state index is 13.4. The van der Waals surface area contributed by atoms with Crippen molar-refractivity contribution in [3.8, 4) is 23.0 Å². The predicted octanol–water partition coefficient (Wildman–Crippen LogP) is 5.98. The number of ether oxygens (including phenoxy) is 2. The molecule has 8 rings (SSSR count). The lowest BCUT2D eigenvalue weighted by atomic mass is 10.0. The van der Waals surface area contributed by atoms with Gasteiger partial charge < -0.3 is 29.9 Å². The Balaban J connectivity index is 0.000000164. The fourth-order valence-electron chi connectivity index (χ4n) is 8.71. The van der Waals surface area contributed by atoms with Crippen LogP contribution in [0.4, 0.5) is 4.39 Å². The fourth-order valence-corrected chi connectivity index (χ4v) is 8.71. The Morgan fingerprint density at radius 2 is 1.21 bits per heavy atom. The van der Waals surface area contributed by atoms with Gasteiger partial charge in [-0.05, 0) is 117 Å². The molecule has 10 nitrogen and oxygen atoms in total. The number of aryl methyl sites for hydroxylation is 2. The summed E-state index contributed by atoms with van der Waals surface area (Å²) in [6, 6.07) is 21.7. The molecule has 8 atom stereocenters. The summed E-state index contributed by atoms with van der Waals surface area (Å²) in [5, 5.41) is 39.4. The first-order valence-corrected chi connectivity index (χ1v) is 18.8. The molecule has 2 aliphatic heterocycles. The molecule has 0 spiro atoms. The van der Waals surface area contributed by atoms with Gasteiger partial charge in [-0.25, -0.2) is 4.98 Å². The molecule has 11 heteroatoms. The summed E-state index contributed by atoms with van der Waals surface area (Å²) in [4.78, 5) is 12.5. The third kappa shape index (κ3) is 9.45. The van der Waals surface area contributed by atoms with Crippen molar-refractivity contribution in [3.63, 3.8) is 0 Å². The summed E-state index contributed by atoms with van der Waals surface area (Å²) in [6.07, 6.45) is 5.16. The lowest BCUT2D eigenvalue weighted by molar-refractivity contribution is 0.112. The van der Waals surface area contributed by atoms with E-state index < -0.39 is 23.9 Å². The van der Waals surface area contributed by atoms with Crippen molar-refractivity contribution in [2.24, 2.45) is 23.7 Å². The maximum Gasteiger partial charge on any atom is 0.255 e. The zero-order valence-electron chi connectivity index (χ0n) is 30.5. The van der Waals surface area contributed by atoms with Crippen molar-refractivity contribution in [2.45, 2.75) is 63.9 Å². The molecule has 2 aliphatic carbocycles. The molecule has 4 heterocycles. The number of halogens is 1. The number of rotatable bonds is 10. The largest absolute Gasteiger partial charge is 0.508 e. The first-order chi connectivity index (χ1) is 25.5. The number of hydrogen-bond acceptors (Lipinski definition) is 10. The van der Waals surface area contributed by atoms with Crippen LogP contribution in [0.15, 0.2) is 79.0 Å². The zero-order valence-corrected chi connectivity index (χ0v) is 30.5. The molecule has 0 amide bonds. The molecule has 0 bridgehead atoms. The number of phenols is 1. The summed E-state index contributed by atoms with van der Waals surface area (Å²) in [5.41, 5.74) is 3.34. The Morgan fingerprint density at radius 3 is 1.74 bits per heavy atom. The van der Waals surface area contributed by atoms with Crippen molar-refractivity contribution >= 4 is 0 Å². The van der Waals surface area contributed by atoms with E-state index in [2.05, 4.69) is 38.8 Å². The third-order valence-corrected chi connectivity index (χ3v) is 11.4. The smallest absolute Gasteiger partial charge is 0.255 e. The van der Waals surface area contributed by atoms with Gasteiger partial charge in [-0.2, -0.15) is 4.39 Å². The SMILES string of the molecule is Cc1ccc(OC2C[C@@H]3CN(CC(O)c4ccc(O)c(F)n4)C[C@@H]3C2)cc1.Cc1ccc(OC2C[C@@H]3CN(CC(O)c4ccc(O)cc4)C[C@@H]3C2)cn1. The number of hydrogen-bond donors (Lipinski definition) is 4. The van der Waals surface area contributed by atoms with E-state index in [9.17, 15) is 24.8 Å². The number of benzene rings is 2. The van der Waals surface area contributed by atoms with Gasteiger partial charge in [0, 0.05) is 45.0 Å². The van der Waals surface area contributed by atoms with Crippen LogP contribution in [0.3, 0.4) is 0 Å². The van der Waals surface area contributed by atoms with Gasteiger partial charge in [0.1, 0.15) is 23.4 Å². The van der Waals surface area contributed by atoms with Crippen molar-refractivity contribution in [2.75, 3.05) is 39.3 Å². The van der Waals surface area contributed by atoms with Crippen molar-refractivity contribution in [1.29, 1.82) is 0 Å². The number of aromatic hydroxyl groups is 2. The molecular formula is C42H51FN4O6. The molecule has 4 N–H and O–H groups in total.